The van der Waals surface area contributed by atoms with Gasteiger partial charge in [0.05, 0.1) is 0 Å². The van der Waals surface area contributed by atoms with Crippen LogP contribution in [-0.2, 0) is 13.1 Å². The summed E-state index contributed by atoms with van der Waals surface area (Å²) >= 11 is 0. The number of aryl methyl sites for hydroxylation is 1. The van der Waals surface area contributed by atoms with Gasteiger partial charge in [-0.15, -0.1) is 0 Å². The Morgan fingerprint density at radius 3 is 2.37 bits per heavy atom. The summed E-state index contributed by atoms with van der Waals surface area (Å²) in [6, 6.07) is 7.13. The first-order valence-electron chi connectivity index (χ1n) is 8.91. The maximum absolute atomic E-state index is 12.7. The quantitative estimate of drug-likeness (QED) is 0.387. The van der Waals surface area contributed by atoms with Crippen LogP contribution in [0.4, 0.5) is 5.69 Å². The predicted molar refractivity (Wildman–Crippen MR) is 106 cm³/mol. The van der Waals surface area contributed by atoms with Crippen LogP contribution in [0, 0.1) is 5.41 Å². The molecule has 0 aliphatic rings. The molecule has 3 aromatic rings. The van der Waals surface area contributed by atoms with Gasteiger partial charge in [-0.1, -0.05) is 13.8 Å². The maximum atomic E-state index is 12.7. The number of nitrogens with one attached hydrogen (secondary N) is 3. The minimum Gasteiger partial charge on any atom is -0.370 e. The molecule has 5 N–H and O–H groups in total. The van der Waals surface area contributed by atoms with Gasteiger partial charge in [0.15, 0.2) is 11.6 Å². The summed E-state index contributed by atoms with van der Waals surface area (Å²) in [7, 11) is 0. The van der Waals surface area contributed by atoms with E-state index in [1.54, 1.807) is 28.8 Å². The summed E-state index contributed by atoms with van der Waals surface area (Å²) in [6.07, 6.45) is 1.45. The SMILES string of the molecule is CCCn1c(=O)c2[nH]c(-c3ccc(NC(=N)N)cc3)nc2n(CCC)c1=O. The van der Waals surface area contributed by atoms with Gasteiger partial charge in [-0.25, -0.2) is 9.78 Å². The second-order valence-electron chi connectivity index (χ2n) is 6.29. The Kier molecular flexibility index (Phi) is 5.11. The lowest BCUT2D eigenvalue weighted by Gasteiger charge is -2.09. The molecule has 0 unspecified atom stereocenters. The van der Waals surface area contributed by atoms with Crippen molar-refractivity contribution in [1.82, 2.24) is 19.1 Å². The highest BCUT2D eigenvalue weighted by Crippen LogP contribution is 2.20. The average molecular weight is 369 g/mol. The van der Waals surface area contributed by atoms with E-state index < -0.39 is 0 Å². The predicted octanol–water partition coefficient (Wildman–Crippen LogP) is 1.68. The molecule has 0 bridgehead atoms. The molecule has 142 valence electrons. The van der Waals surface area contributed by atoms with E-state index in [0.29, 0.717) is 42.2 Å². The number of guanidine groups is 1. The highest BCUT2D eigenvalue weighted by atomic mass is 16.2. The van der Waals surface area contributed by atoms with Crippen LogP contribution in [0.15, 0.2) is 33.9 Å². The number of fused-ring (bicyclic) bond motifs is 1. The van der Waals surface area contributed by atoms with Crippen LogP contribution in [0.3, 0.4) is 0 Å². The Labute approximate surface area is 155 Å². The van der Waals surface area contributed by atoms with Gasteiger partial charge in [-0.05, 0) is 37.1 Å². The molecular weight excluding hydrogens is 346 g/mol. The molecule has 0 fully saturated rings. The number of hydrogen-bond acceptors (Lipinski definition) is 4. The van der Waals surface area contributed by atoms with Gasteiger partial charge in [0, 0.05) is 24.3 Å². The van der Waals surface area contributed by atoms with Crippen molar-refractivity contribution in [1.29, 1.82) is 5.41 Å². The normalized spacial score (nSPS) is 11.0. The first kappa shape index (κ1) is 18.4. The van der Waals surface area contributed by atoms with E-state index in [1.807, 2.05) is 13.8 Å². The molecule has 0 aliphatic carbocycles. The van der Waals surface area contributed by atoms with Gasteiger partial charge < -0.3 is 16.0 Å². The second-order valence-corrected chi connectivity index (χ2v) is 6.29. The van der Waals surface area contributed by atoms with Crippen molar-refractivity contribution in [2.45, 2.75) is 39.8 Å². The van der Waals surface area contributed by atoms with Crippen LogP contribution < -0.4 is 22.3 Å². The Morgan fingerprint density at radius 2 is 1.78 bits per heavy atom. The molecule has 1 aromatic carbocycles. The Hall–Kier alpha value is -3.36. The monoisotopic (exact) mass is 369 g/mol. The number of anilines is 1. The molecule has 3 rings (SSSR count). The Balaban J connectivity index is 2.15. The van der Waals surface area contributed by atoms with Gasteiger partial charge in [-0.2, -0.15) is 0 Å². The van der Waals surface area contributed by atoms with Crippen LogP contribution in [0.5, 0.6) is 0 Å². The summed E-state index contributed by atoms with van der Waals surface area (Å²) in [4.78, 5) is 33.1. The van der Waals surface area contributed by atoms with E-state index in [1.165, 1.54) is 4.57 Å². The van der Waals surface area contributed by atoms with Crippen molar-refractivity contribution in [2.24, 2.45) is 5.73 Å². The molecule has 2 aromatic heterocycles. The van der Waals surface area contributed by atoms with Crippen molar-refractivity contribution in [3.8, 4) is 11.4 Å². The van der Waals surface area contributed by atoms with Crippen LogP contribution in [-0.4, -0.2) is 25.1 Å². The van der Waals surface area contributed by atoms with E-state index in [4.69, 9.17) is 11.1 Å². The largest absolute Gasteiger partial charge is 0.370 e. The lowest BCUT2D eigenvalue weighted by atomic mass is 10.2. The number of nitrogens with two attached hydrogens (primary N) is 1. The number of nitrogens with zero attached hydrogens (tertiary/aromatic N) is 3. The molecule has 0 aliphatic heterocycles. The molecule has 0 radical (unpaired) electrons. The topological polar surface area (TPSA) is 135 Å². The Morgan fingerprint density at radius 1 is 1.15 bits per heavy atom. The fourth-order valence-corrected chi connectivity index (χ4v) is 3.02. The van der Waals surface area contributed by atoms with Crippen molar-refractivity contribution in [2.75, 3.05) is 5.32 Å². The number of aromatic amines is 1. The van der Waals surface area contributed by atoms with Gasteiger partial charge in [-0.3, -0.25) is 19.3 Å². The van der Waals surface area contributed by atoms with Gasteiger partial charge >= 0.3 is 5.69 Å². The van der Waals surface area contributed by atoms with Crippen molar-refractivity contribution >= 4 is 22.8 Å². The van der Waals surface area contributed by atoms with E-state index in [-0.39, 0.29) is 17.2 Å². The fourth-order valence-electron chi connectivity index (χ4n) is 3.02. The molecule has 0 spiro atoms. The van der Waals surface area contributed by atoms with E-state index in [2.05, 4.69) is 15.3 Å². The lowest BCUT2D eigenvalue weighted by molar-refractivity contribution is 0.555. The van der Waals surface area contributed by atoms with Gasteiger partial charge in [0.2, 0.25) is 0 Å². The zero-order valence-electron chi connectivity index (χ0n) is 15.4. The highest BCUT2D eigenvalue weighted by molar-refractivity contribution is 5.90. The van der Waals surface area contributed by atoms with Crippen molar-refractivity contribution < 1.29 is 0 Å². The number of aromatic nitrogens is 4. The molecule has 2 heterocycles. The number of rotatable bonds is 6. The third-order valence-electron chi connectivity index (χ3n) is 4.19. The summed E-state index contributed by atoms with van der Waals surface area (Å²) in [6.45, 7) is 4.76. The molecule has 9 heteroatoms. The number of imidazole rings is 1. The first-order valence-corrected chi connectivity index (χ1v) is 8.91. The van der Waals surface area contributed by atoms with Crippen LogP contribution in [0.25, 0.3) is 22.6 Å². The standard InChI is InChI=1S/C18H23N7O2/c1-3-9-24-15-13(16(26)25(10-4-2)18(24)27)22-14(23-15)11-5-7-12(8-6-11)21-17(19)20/h5-8H,3-4,9-10H2,1-2H3,(H,22,23)(H4,19,20,21). The van der Waals surface area contributed by atoms with Crippen molar-refractivity contribution in [3.05, 3.63) is 45.1 Å². The van der Waals surface area contributed by atoms with E-state index in [0.717, 1.165) is 12.0 Å². The van der Waals surface area contributed by atoms with E-state index in [9.17, 15) is 9.59 Å². The number of H-pyrrole nitrogens is 1. The molecule has 0 saturated carbocycles. The fraction of sp³-hybridized carbons (Fsp3) is 0.333. The van der Waals surface area contributed by atoms with Crippen LogP contribution >= 0.6 is 0 Å². The summed E-state index contributed by atoms with van der Waals surface area (Å²) in [5.41, 5.74) is 6.79. The molecular formula is C18H23N7O2. The third-order valence-corrected chi connectivity index (χ3v) is 4.19. The average Bonchev–Trinajstić information content (AvgIpc) is 3.08. The van der Waals surface area contributed by atoms with Crippen LogP contribution in [0.2, 0.25) is 0 Å². The molecule has 0 atom stereocenters. The maximum Gasteiger partial charge on any atom is 0.332 e. The van der Waals surface area contributed by atoms with E-state index >= 15 is 0 Å². The minimum absolute atomic E-state index is 0.147. The van der Waals surface area contributed by atoms with Crippen molar-refractivity contribution in [3.63, 3.8) is 0 Å². The molecule has 0 saturated heterocycles. The summed E-state index contributed by atoms with van der Waals surface area (Å²) in [5.74, 6) is 0.363. The van der Waals surface area contributed by atoms with Gasteiger partial charge in [0.25, 0.3) is 5.56 Å². The third kappa shape index (κ3) is 3.48. The minimum atomic E-state index is -0.349. The molecule has 9 nitrogen and oxygen atoms in total. The smallest absolute Gasteiger partial charge is 0.332 e. The van der Waals surface area contributed by atoms with Gasteiger partial charge in [0.1, 0.15) is 11.3 Å². The number of benzene rings is 1. The second kappa shape index (κ2) is 7.48. The molecule has 27 heavy (non-hydrogen) atoms. The zero-order chi connectivity index (χ0) is 19.6. The first-order chi connectivity index (χ1) is 13.0. The summed E-state index contributed by atoms with van der Waals surface area (Å²) in [5, 5.41) is 9.97. The number of hydrogen-bond donors (Lipinski definition) is 4. The molecule has 0 amide bonds. The lowest BCUT2D eigenvalue weighted by Crippen LogP contribution is -2.40. The zero-order valence-corrected chi connectivity index (χ0v) is 15.4. The highest BCUT2D eigenvalue weighted by Gasteiger charge is 2.17. The van der Waals surface area contributed by atoms with Crippen LogP contribution in [0.1, 0.15) is 26.7 Å². The summed E-state index contributed by atoms with van der Waals surface area (Å²) < 4.78 is 2.82. The Bertz CT molecular complexity index is 1090.